The lowest BCUT2D eigenvalue weighted by Gasteiger charge is -2.13. The van der Waals surface area contributed by atoms with Crippen molar-refractivity contribution in [2.24, 2.45) is 0 Å². The van der Waals surface area contributed by atoms with E-state index < -0.39 is 23.3 Å². The van der Waals surface area contributed by atoms with E-state index in [0.717, 1.165) is 17.0 Å². The summed E-state index contributed by atoms with van der Waals surface area (Å²) in [6.45, 7) is 1.64. The number of aromatic nitrogens is 2. The van der Waals surface area contributed by atoms with Crippen LogP contribution in [-0.2, 0) is 17.8 Å². The standard InChI is InChI=1S/C13H9F2N3O3/c1-2-10-16-17-11(21-10)5-18-9-4-8(15)7(14)3-6(9)12(19)13(18)20/h3-4H,2,5H2,1H3. The summed E-state index contributed by atoms with van der Waals surface area (Å²) < 4.78 is 31.8. The topological polar surface area (TPSA) is 76.3 Å². The van der Waals surface area contributed by atoms with Crippen LogP contribution in [0.4, 0.5) is 14.5 Å². The molecule has 0 radical (unpaired) electrons. The molecule has 6 nitrogen and oxygen atoms in total. The number of carbonyl (C=O) groups excluding carboxylic acids is 2. The molecule has 3 rings (SSSR count). The number of ketones is 1. The van der Waals surface area contributed by atoms with Gasteiger partial charge in [-0.05, 0) is 6.07 Å². The van der Waals surface area contributed by atoms with Crippen LogP contribution in [0.5, 0.6) is 0 Å². The number of hydrogen-bond donors (Lipinski definition) is 0. The summed E-state index contributed by atoms with van der Waals surface area (Å²) in [4.78, 5) is 24.7. The Bertz CT molecular complexity index is 757. The average molecular weight is 293 g/mol. The van der Waals surface area contributed by atoms with Crippen LogP contribution in [0.15, 0.2) is 16.5 Å². The fourth-order valence-corrected chi connectivity index (χ4v) is 2.08. The third kappa shape index (κ3) is 2.08. The first-order chi connectivity index (χ1) is 10.0. The zero-order valence-electron chi connectivity index (χ0n) is 10.9. The number of aryl methyl sites for hydroxylation is 1. The molecule has 108 valence electrons. The fraction of sp³-hybridized carbons (Fsp3) is 0.231. The van der Waals surface area contributed by atoms with Gasteiger partial charge < -0.3 is 4.42 Å². The zero-order valence-corrected chi connectivity index (χ0v) is 10.9. The third-order valence-corrected chi connectivity index (χ3v) is 3.12. The van der Waals surface area contributed by atoms with Gasteiger partial charge in [0, 0.05) is 12.5 Å². The van der Waals surface area contributed by atoms with Crippen LogP contribution in [0.2, 0.25) is 0 Å². The van der Waals surface area contributed by atoms with Crippen molar-refractivity contribution < 1.29 is 22.8 Å². The van der Waals surface area contributed by atoms with Crippen molar-refractivity contribution in [1.82, 2.24) is 10.2 Å². The molecule has 1 aromatic heterocycles. The Balaban J connectivity index is 1.99. The highest BCUT2D eigenvalue weighted by molar-refractivity contribution is 6.52. The lowest BCUT2D eigenvalue weighted by Crippen LogP contribution is -2.29. The molecule has 0 N–H and O–H groups in total. The summed E-state index contributed by atoms with van der Waals surface area (Å²) in [5.74, 6) is -3.59. The van der Waals surface area contributed by atoms with E-state index in [1.807, 2.05) is 6.92 Å². The van der Waals surface area contributed by atoms with Crippen molar-refractivity contribution in [3.8, 4) is 0 Å². The van der Waals surface area contributed by atoms with Gasteiger partial charge in [-0.3, -0.25) is 14.5 Å². The van der Waals surface area contributed by atoms with Gasteiger partial charge in [0.15, 0.2) is 11.6 Å². The molecule has 1 aliphatic heterocycles. The van der Waals surface area contributed by atoms with Gasteiger partial charge in [-0.25, -0.2) is 8.78 Å². The molecule has 1 aliphatic rings. The molecule has 8 heteroatoms. The first-order valence-corrected chi connectivity index (χ1v) is 6.17. The van der Waals surface area contributed by atoms with Gasteiger partial charge in [0.1, 0.15) is 6.54 Å². The Hall–Kier alpha value is -2.64. The van der Waals surface area contributed by atoms with E-state index in [4.69, 9.17) is 4.42 Å². The second kappa shape index (κ2) is 4.72. The van der Waals surface area contributed by atoms with E-state index in [1.165, 1.54) is 0 Å². The number of benzene rings is 1. The monoisotopic (exact) mass is 293 g/mol. The van der Waals surface area contributed by atoms with Crippen LogP contribution in [0.3, 0.4) is 0 Å². The summed E-state index contributed by atoms with van der Waals surface area (Å²) in [6.07, 6.45) is 0.524. The number of fused-ring (bicyclic) bond motifs is 1. The molecule has 2 aromatic rings. The second-order valence-electron chi connectivity index (χ2n) is 4.45. The Morgan fingerprint density at radius 1 is 1.14 bits per heavy atom. The van der Waals surface area contributed by atoms with Crippen molar-refractivity contribution >= 4 is 17.4 Å². The van der Waals surface area contributed by atoms with Gasteiger partial charge in [0.2, 0.25) is 11.8 Å². The van der Waals surface area contributed by atoms with Crippen molar-refractivity contribution in [3.05, 3.63) is 41.1 Å². The van der Waals surface area contributed by atoms with E-state index in [1.54, 1.807) is 0 Å². The molecular formula is C13H9F2N3O3. The van der Waals surface area contributed by atoms with Crippen molar-refractivity contribution in [2.75, 3.05) is 4.90 Å². The highest BCUT2D eigenvalue weighted by atomic mass is 19.2. The maximum Gasteiger partial charge on any atom is 0.299 e. The van der Waals surface area contributed by atoms with Gasteiger partial charge in [-0.1, -0.05) is 6.92 Å². The maximum atomic E-state index is 13.3. The smallest absolute Gasteiger partial charge is 0.299 e. The second-order valence-corrected chi connectivity index (χ2v) is 4.45. The highest BCUT2D eigenvalue weighted by Crippen LogP contribution is 2.32. The van der Waals surface area contributed by atoms with Gasteiger partial charge in [0.25, 0.3) is 11.7 Å². The molecule has 21 heavy (non-hydrogen) atoms. The van der Waals surface area contributed by atoms with Gasteiger partial charge in [0.05, 0.1) is 11.3 Å². The number of amides is 1. The minimum Gasteiger partial charge on any atom is -0.423 e. The normalized spacial score (nSPS) is 14.0. The number of halogens is 2. The third-order valence-electron chi connectivity index (χ3n) is 3.12. The number of rotatable bonds is 3. The molecule has 0 spiro atoms. The number of hydrogen-bond acceptors (Lipinski definition) is 5. The maximum absolute atomic E-state index is 13.3. The van der Waals surface area contributed by atoms with Crippen LogP contribution in [0.1, 0.15) is 29.1 Å². The molecule has 0 saturated carbocycles. The minimum atomic E-state index is -1.18. The zero-order chi connectivity index (χ0) is 15.1. The van der Waals surface area contributed by atoms with Crippen molar-refractivity contribution in [2.45, 2.75) is 19.9 Å². The summed E-state index contributed by atoms with van der Waals surface area (Å²) in [5.41, 5.74) is -0.172. The number of nitrogens with zero attached hydrogens (tertiary/aromatic N) is 3. The van der Waals surface area contributed by atoms with Crippen LogP contribution >= 0.6 is 0 Å². The lowest BCUT2D eigenvalue weighted by molar-refractivity contribution is -0.114. The van der Waals surface area contributed by atoms with Gasteiger partial charge in [-0.2, -0.15) is 0 Å². The molecule has 0 unspecified atom stereocenters. The van der Waals surface area contributed by atoms with Gasteiger partial charge in [-0.15, -0.1) is 10.2 Å². The van der Waals surface area contributed by atoms with E-state index in [2.05, 4.69) is 10.2 Å². The Kier molecular flexibility index (Phi) is 3.00. The fourth-order valence-electron chi connectivity index (χ4n) is 2.08. The first-order valence-electron chi connectivity index (χ1n) is 6.17. The van der Waals surface area contributed by atoms with E-state index in [0.29, 0.717) is 12.3 Å². The Labute approximate surface area is 117 Å². The number of Topliss-reactive ketones (excluding diaryl/α,β-unsaturated/α-hetero) is 1. The molecule has 0 fully saturated rings. The number of carbonyl (C=O) groups is 2. The average Bonchev–Trinajstić information content (AvgIpc) is 3.01. The van der Waals surface area contributed by atoms with Crippen LogP contribution < -0.4 is 4.90 Å². The Morgan fingerprint density at radius 3 is 2.48 bits per heavy atom. The molecular weight excluding hydrogens is 284 g/mol. The van der Waals surface area contributed by atoms with Crippen LogP contribution in [-0.4, -0.2) is 21.9 Å². The minimum absolute atomic E-state index is 0.000137. The summed E-state index contributed by atoms with van der Waals surface area (Å²) in [5, 5.41) is 7.47. The van der Waals surface area contributed by atoms with E-state index >= 15 is 0 Å². The van der Waals surface area contributed by atoms with Crippen molar-refractivity contribution in [1.29, 1.82) is 0 Å². The predicted octanol–water partition coefficient (Wildman–Crippen LogP) is 1.64. The molecule has 0 saturated heterocycles. The first kappa shape index (κ1) is 13.3. The molecule has 1 amide bonds. The number of anilines is 1. The molecule has 0 atom stereocenters. The van der Waals surface area contributed by atoms with Crippen LogP contribution in [0, 0.1) is 11.6 Å². The van der Waals surface area contributed by atoms with E-state index in [9.17, 15) is 18.4 Å². The van der Waals surface area contributed by atoms with Crippen LogP contribution in [0.25, 0.3) is 0 Å². The molecule has 0 bridgehead atoms. The summed E-state index contributed by atoms with van der Waals surface area (Å²) in [7, 11) is 0. The predicted molar refractivity (Wildman–Crippen MR) is 65.6 cm³/mol. The van der Waals surface area contributed by atoms with Crippen molar-refractivity contribution in [3.63, 3.8) is 0 Å². The van der Waals surface area contributed by atoms with E-state index in [-0.39, 0.29) is 23.7 Å². The SMILES string of the molecule is CCc1nnc(CN2C(=O)C(=O)c3cc(F)c(F)cc32)o1. The molecule has 2 heterocycles. The lowest BCUT2D eigenvalue weighted by atomic mass is 10.1. The van der Waals surface area contributed by atoms with Gasteiger partial charge >= 0.3 is 0 Å². The Morgan fingerprint density at radius 2 is 1.81 bits per heavy atom. The molecule has 1 aromatic carbocycles. The summed E-state index contributed by atoms with van der Waals surface area (Å²) in [6, 6.07) is 1.53. The largest absolute Gasteiger partial charge is 0.423 e. The quantitative estimate of drug-likeness (QED) is 0.804. The highest BCUT2D eigenvalue weighted by Gasteiger charge is 2.37. The molecule has 0 aliphatic carbocycles. The summed E-state index contributed by atoms with van der Waals surface area (Å²) >= 11 is 0.